The topological polar surface area (TPSA) is 77.0 Å². The summed E-state index contributed by atoms with van der Waals surface area (Å²) in [7, 11) is 0. The Morgan fingerprint density at radius 1 is 1.00 bits per heavy atom. The number of hydrogen-bond donors (Lipinski definition) is 1. The first-order chi connectivity index (χ1) is 14.0. The fourth-order valence-corrected chi connectivity index (χ4v) is 2.92. The maximum atomic E-state index is 12.8. The molecule has 3 rings (SSSR count). The van der Waals surface area contributed by atoms with Gasteiger partial charge in [0.15, 0.2) is 11.6 Å². The summed E-state index contributed by atoms with van der Waals surface area (Å²) in [5.74, 6) is -1.59. The second kappa shape index (κ2) is 8.26. The lowest BCUT2D eigenvalue weighted by molar-refractivity contribution is -0.143. The lowest BCUT2D eigenvalue weighted by Gasteiger charge is -2.14. The molecule has 1 N–H and O–H groups in total. The van der Waals surface area contributed by atoms with Crippen molar-refractivity contribution in [2.45, 2.75) is 12.4 Å². The van der Waals surface area contributed by atoms with Crippen LogP contribution >= 0.6 is 11.3 Å². The van der Waals surface area contributed by atoms with Crippen LogP contribution in [0, 0.1) is 0 Å². The van der Waals surface area contributed by atoms with E-state index in [1.807, 2.05) is 0 Å². The van der Waals surface area contributed by atoms with Crippen LogP contribution in [0.2, 0.25) is 0 Å². The molecule has 1 aromatic carbocycles. The van der Waals surface area contributed by atoms with Crippen LogP contribution in [0.15, 0.2) is 42.6 Å². The summed E-state index contributed by atoms with van der Waals surface area (Å²) in [6.45, 7) is -0.836. The van der Waals surface area contributed by atoms with E-state index in [9.17, 15) is 31.1 Å². The molecule has 0 radical (unpaired) electrons. The molecule has 30 heavy (non-hydrogen) atoms. The molecule has 2 aromatic heterocycles. The molecular weight excluding hydrogens is 438 g/mol. The van der Waals surface area contributed by atoms with Crippen molar-refractivity contribution in [3.8, 4) is 16.5 Å². The standard InChI is InChI=1S/C17H10F6N4O2S/c18-16(19,20)9-5-10(17(21,22)23)7-11(6-9)29-8-13(28)25-15-27-26-14(30-15)12-3-1-2-4-24-12/h1-7H,8H2,(H,25,27,28). The van der Waals surface area contributed by atoms with Gasteiger partial charge in [0.2, 0.25) is 5.13 Å². The first kappa shape index (κ1) is 21.5. The van der Waals surface area contributed by atoms with Gasteiger partial charge in [0.1, 0.15) is 11.4 Å². The Bertz CT molecular complexity index is 1000. The highest BCUT2D eigenvalue weighted by atomic mass is 32.1. The zero-order chi connectivity index (χ0) is 21.9. The second-order valence-electron chi connectivity index (χ2n) is 5.71. The monoisotopic (exact) mass is 448 g/mol. The lowest BCUT2D eigenvalue weighted by Crippen LogP contribution is -2.20. The smallest absolute Gasteiger partial charge is 0.416 e. The molecule has 0 spiro atoms. The van der Waals surface area contributed by atoms with Gasteiger partial charge in [0.25, 0.3) is 5.91 Å². The largest absolute Gasteiger partial charge is 0.484 e. The predicted molar refractivity (Wildman–Crippen MR) is 93.7 cm³/mol. The van der Waals surface area contributed by atoms with Gasteiger partial charge in [0.05, 0.1) is 11.1 Å². The molecule has 0 aliphatic carbocycles. The Hall–Kier alpha value is -3.22. The highest BCUT2D eigenvalue weighted by Gasteiger charge is 2.37. The van der Waals surface area contributed by atoms with Gasteiger partial charge >= 0.3 is 12.4 Å². The van der Waals surface area contributed by atoms with Crippen molar-refractivity contribution >= 4 is 22.4 Å². The van der Waals surface area contributed by atoms with Gasteiger partial charge in [-0.2, -0.15) is 26.3 Å². The van der Waals surface area contributed by atoms with Crippen molar-refractivity contribution in [1.29, 1.82) is 0 Å². The fraction of sp³-hybridized carbons (Fsp3) is 0.176. The van der Waals surface area contributed by atoms with E-state index in [4.69, 9.17) is 4.74 Å². The number of carbonyl (C=O) groups is 1. The van der Waals surface area contributed by atoms with E-state index in [0.717, 1.165) is 11.3 Å². The summed E-state index contributed by atoms with van der Waals surface area (Å²) in [6.07, 6.45) is -8.50. The van der Waals surface area contributed by atoms with E-state index in [-0.39, 0.29) is 11.2 Å². The highest BCUT2D eigenvalue weighted by Crippen LogP contribution is 2.38. The van der Waals surface area contributed by atoms with Crippen LogP contribution in [-0.4, -0.2) is 27.7 Å². The lowest BCUT2D eigenvalue weighted by atomic mass is 10.1. The number of carbonyl (C=O) groups excluding carboxylic acids is 1. The van der Waals surface area contributed by atoms with Crippen LogP contribution in [0.1, 0.15) is 11.1 Å². The van der Waals surface area contributed by atoms with Crippen molar-refractivity contribution in [2.24, 2.45) is 0 Å². The molecule has 0 unspecified atom stereocenters. The van der Waals surface area contributed by atoms with Crippen LogP contribution in [-0.2, 0) is 17.1 Å². The Kier molecular flexibility index (Phi) is 5.92. The molecule has 0 saturated carbocycles. The Morgan fingerprint density at radius 3 is 2.23 bits per heavy atom. The minimum atomic E-state index is -5.02. The predicted octanol–water partition coefficient (Wildman–Crippen LogP) is 4.66. The Balaban J connectivity index is 1.68. The first-order valence-electron chi connectivity index (χ1n) is 7.99. The molecule has 6 nitrogen and oxygen atoms in total. The zero-order valence-corrected chi connectivity index (χ0v) is 15.4. The molecule has 0 fully saturated rings. The van der Waals surface area contributed by atoms with Crippen molar-refractivity contribution in [1.82, 2.24) is 15.2 Å². The van der Waals surface area contributed by atoms with Crippen molar-refractivity contribution < 1.29 is 35.9 Å². The number of halogens is 6. The third-order valence-electron chi connectivity index (χ3n) is 3.49. The molecule has 0 aliphatic heterocycles. The number of rotatable bonds is 5. The van der Waals surface area contributed by atoms with Crippen molar-refractivity contribution in [3.05, 3.63) is 53.7 Å². The first-order valence-corrected chi connectivity index (χ1v) is 8.81. The van der Waals surface area contributed by atoms with Crippen LogP contribution < -0.4 is 10.1 Å². The second-order valence-corrected chi connectivity index (χ2v) is 6.68. The number of aromatic nitrogens is 3. The van der Waals surface area contributed by atoms with E-state index in [0.29, 0.717) is 22.8 Å². The fourth-order valence-electron chi connectivity index (χ4n) is 2.18. The van der Waals surface area contributed by atoms with Gasteiger partial charge in [-0.15, -0.1) is 10.2 Å². The molecule has 2 heterocycles. The number of nitrogens with one attached hydrogen (secondary N) is 1. The zero-order valence-electron chi connectivity index (χ0n) is 14.6. The van der Waals surface area contributed by atoms with E-state index in [1.54, 1.807) is 18.2 Å². The molecule has 1 amide bonds. The van der Waals surface area contributed by atoms with Gasteiger partial charge in [-0.05, 0) is 30.3 Å². The molecule has 3 aromatic rings. The maximum absolute atomic E-state index is 12.8. The molecule has 13 heteroatoms. The van der Waals surface area contributed by atoms with E-state index < -0.39 is 41.7 Å². The molecule has 0 saturated heterocycles. The summed E-state index contributed by atoms with van der Waals surface area (Å²) in [5, 5.41) is 10.3. The molecule has 0 aliphatic rings. The third-order valence-corrected chi connectivity index (χ3v) is 4.35. The number of pyridine rings is 1. The normalized spacial score (nSPS) is 11.9. The number of ether oxygens (including phenoxy) is 1. The Labute approximate surface area is 168 Å². The summed E-state index contributed by atoms with van der Waals surface area (Å²) in [5.41, 5.74) is -2.58. The van der Waals surface area contributed by atoms with E-state index in [1.165, 1.54) is 6.20 Å². The van der Waals surface area contributed by atoms with Crippen LogP contribution in [0.5, 0.6) is 5.75 Å². The number of alkyl halides is 6. The number of benzene rings is 1. The van der Waals surface area contributed by atoms with Gasteiger partial charge in [-0.3, -0.25) is 15.1 Å². The highest BCUT2D eigenvalue weighted by molar-refractivity contribution is 7.18. The number of hydrogen-bond acceptors (Lipinski definition) is 6. The Morgan fingerprint density at radius 2 is 1.67 bits per heavy atom. The summed E-state index contributed by atoms with van der Waals surface area (Å²) in [6, 6.07) is 5.82. The van der Waals surface area contributed by atoms with Gasteiger partial charge in [-0.1, -0.05) is 17.4 Å². The van der Waals surface area contributed by atoms with E-state index >= 15 is 0 Å². The molecule has 0 bridgehead atoms. The molecular formula is C17H10F6N4O2S. The third kappa shape index (κ3) is 5.43. The minimum Gasteiger partial charge on any atom is -0.484 e. The molecule has 158 valence electrons. The summed E-state index contributed by atoms with van der Waals surface area (Å²) in [4.78, 5) is 16.0. The van der Waals surface area contributed by atoms with Gasteiger partial charge in [-0.25, -0.2) is 0 Å². The number of anilines is 1. The number of nitrogens with zero attached hydrogens (tertiary/aromatic N) is 3. The average Bonchev–Trinajstić information content (AvgIpc) is 3.14. The summed E-state index contributed by atoms with van der Waals surface area (Å²) < 4.78 is 81.9. The van der Waals surface area contributed by atoms with Gasteiger partial charge < -0.3 is 4.74 Å². The summed E-state index contributed by atoms with van der Waals surface area (Å²) >= 11 is 0.978. The SMILES string of the molecule is O=C(COc1cc(C(F)(F)F)cc(C(F)(F)F)c1)Nc1nnc(-c2ccccn2)s1. The van der Waals surface area contributed by atoms with Crippen LogP contribution in [0.25, 0.3) is 10.7 Å². The minimum absolute atomic E-state index is 0.0344. The van der Waals surface area contributed by atoms with Crippen molar-refractivity contribution in [2.75, 3.05) is 11.9 Å². The van der Waals surface area contributed by atoms with E-state index in [2.05, 4.69) is 20.5 Å². The number of amides is 1. The average molecular weight is 448 g/mol. The molecule has 0 atom stereocenters. The van der Waals surface area contributed by atoms with Gasteiger partial charge in [0, 0.05) is 6.20 Å². The van der Waals surface area contributed by atoms with Crippen molar-refractivity contribution in [3.63, 3.8) is 0 Å². The maximum Gasteiger partial charge on any atom is 0.416 e. The quantitative estimate of drug-likeness (QED) is 0.575. The van der Waals surface area contributed by atoms with Crippen LogP contribution in [0.3, 0.4) is 0 Å². The van der Waals surface area contributed by atoms with Crippen LogP contribution in [0.4, 0.5) is 31.5 Å².